The van der Waals surface area contributed by atoms with Crippen LogP contribution in [0.25, 0.3) is 0 Å². The molecule has 146 valence electrons. The summed E-state index contributed by atoms with van der Waals surface area (Å²) in [5.41, 5.74) is -3.91. The number of rotatable bonds is 3. The monoisotopic (exact) mass is 376 g/mol. The minimum atomic E-state index is -4.67. The third-order valence-electron chi connectivity index (χ3n) is 4.26. The van der Waals surface area contributed by atoms with E-state index in [0.29, 0.717) is 23.6 Å². The van der Waals surface area contributed by atoms with Crippen molar-refractivity contribution in [1.82, 2.24) is 9.78 Å². The van der Waals surface area contributed by atoms with E-state index >= 15 is 0 Å². The van der Waals surface area contributed by atoms with Gasteiger partial charge in [-0.1, -0.05) is 0 Å². The number of alkyl halides is 3. The second-order valence-corrected chi connectivity index (χ2v) is 7.74. The van der Waals surface area contributed by atoms with Crippen LogP contribution in [0.15, 0.2) is 16.9 Å². The lowest BCUT2D eigenvalue weighted by Gasteiger charge is -2.36. The van der Waals surface area contributed by atoms with Crippen molar-refractivity contribution in [3.05, 3.63) is 28.2 Å². The Morgan fingerprint density at radius 2 is 1.88 bits per heavy atom. The molecule has 0 spiro atoms. The van der Waals surface area contributed by atoms with Gasteiger partial charge in [0.1, 0.15) is 5.60 Å². The lowest BCUT2D eigenvalue weighted by Crippen LogP contribution is -2.44. The Morgan fingerprint density at radius 3 is 2.38 bits per heavy atom. The molecule has 1 saturated carbocycles. The molecule has 0 radical (unpaired) electrons. The number of ether oxygens (including phenoxy) is 1. The molecular weight excluding hydrogens is 353 g/mol. The summed E-state index contributed by atoms with van der Waals surface area (Å²) < 4.78 is 44.2. The van der Waals surface area contributed by atoms with Crippen molar-refractivity contribution in [2.24, 2.45) is 5.92 Å². The van der Waals surface area contributed by atoms with Gasteiger partial charge in [-0.15, -0.1) is 0 Å². The lowest BCUT2D eigenvalue weighted by atomic mass is 9.78. The van der Waals surface area contributed by atoms with Gasteiger partial charge < -0.3 is 9.84 Å². The van der Waals surface area contributed by atoms with E-state index in [0.717, 1.165) is 6.07 Å². The molecule has 1 heterocycles. The Bertz CT molecular complexity index is 714. The molecule has 9 heteroatoms. The Kier molecular flexibility index (Phi) is 5.51. The Morgan fingerprint density at radius 1 is 1.31 bits per heavy atom. The first-order valence-electron chi connectivity index (χ1n) is 8.40. The molecule has 0 unspecified atom stereocenters. The highest BCUT2D eigenvalue weighted by molar-refractivity contribution is 5.73. The molecule has 1 aromatic heterocycles. The molecule has 1 aliphatic carbocycles. The molecule has 26 heavy (non-hydrogen) atoms. The van der Waals surface area contributed by atoms with Gasteiger partial charge in [0.15, 0.2) is 5.69 Å². The number of halogens is 3. The fourth-order valence-corrected chi connectivity index (χ4v) is 2.93. The van der Waals surface area contributed by atoms with Gasteiger partial charge in [0.25, 0.3) is 5.56 Å². The summed E-state index contributed by atoms with van der Waals surface area (Å²) in [5.74, 6) is -0.727. The van der Waals surface area contributed by atoms with Gasteiger partial charge in [-0.2, -0.15) is 18.3 Å². The van der Waals surface area contributed by atoms with Crippen LogP contribution in [0.3, 0.4) is 0 Å². The molecular formula is C17H23F3N2O4. The fraction of sp³-hybridized carbons (Fsp3) is 0.706. The highest BCUT2D eigenvalue weighted by Crippen LogP contribution is 2.34. The summed E-state index contributed by atoms with van der Waals surface area (Å²) in [6, 6.07) is 1.40. The average Bonchev–Trinajstić information content (AvgIpc) is 2.47. The van der Waals surface area contributed by atoms with Gasteiger partial charge in [0, 0.05) is 6.07 Å². The minimum absolute atomic E-state index is 0.168. The summed E-state index contributed by atoms with van der Waals surface area (Å²) in [7, 11) is 0. The first-order chi connectivity index (χ1) is 11.8. The maximum Gasteiger partial charge on any atom is 0.435 e. The molecule has 0 amide bonds. The van der Waals surface area contributed by atoms with Gasteiger partial charge in [-0.05, 0) is 52.5 Å². The van der Waals surface area contributed by atoms with Crippen molar-refractivity contribution in [2.45, 2.75) is 70.4 Å². The standard InChI is InChI=1S/C17H23F3N2O4/c1-15(2,3)26-14(24)11-6-8-16(25,9-7-11)10-22-13(23)5-4-12(21-22)17(18,19)20/h4-5,11,25H,6-10H2,1-3H3. The molecule has 1 aromatic rings. The average molecular weight is 376 g/mol. The SMILES string of the molecule is CC(C)(C)OC(=O)C1CCC(O)(Cn2nc(C(F)(F)F)ccc2=O)CC1. The number of nitrogens with zero attached hydrogens (tertiary/aromatic N) is 2. The zero-order chi connectivity index (χ0) is 19.8. The van der Waals surface area contributed by atoms with Crippen LogP contribution in [-0.4, -0.2) is 32.1 Å². The zero-order valence-electron chi connectivity index (χ0n) is 15.0. The number of carbonyl (C=O) groups is 1. The van der Waals surface area contributed by atoms with Gasteiger partial charge in [-0.25, -0.2) is 4.68 Å². The van der Waals surface area contributed by atoms with Crippen LogP contribution in [0.1, 0.15) is 52.1 Å². The molecule has 0 aliphatic heterocycles. The Balaban J connectivity index is 2.06. The molecule has 0 aromatic carbocycles. The van der Waals surface area contributed by atoms with Crippen molar-refractivity contribution in [2.75, 3.05) is 0 Å². The van der Waals surface area contributed by atoms with E-state index in [4.69, 9.17) is 4.74 Å². The minimum Gasteiger partial charge on any atom is -0.460 e. The molecule has 1 fully saturated rings. The smallest absolute Gasteiger partial charge is 0.435 e. The zero-order valence-corrected chi connectivity index (χ0v) is 15.0. The normalized spacial score (nSPS) is 24.3. The summed E-state index contributed by atoms with van der Waals surface area (Å²) >= 11 is 0. The van der Waals surface area contributed by atoms with E-state index in [9.17, 15) is 27.9 Å². The highest BCUT2D eigenvalue weighted by Gasteiger charge is 2.39. The number of aromatic nitrogens is 2. The molecule has 1 aliphatic rings. The van der Waals surface area contributed by atoms with Crippen LogP contribution in [0.2, 0.25) is 0 Å². The lowest BCUT2D eigenvalue weighted by molar-refractivity contribution is -0.163. The van der Waals surface area contributed by atoms with Crippen molar-refractivity contribution in [3.8, 4) is 0 Å². The molecule has 6 nitrogen and oxygen atoms in total. The number of hydrogen-bond donors (Lipinski definition) is 1. The third-order valence-corrected chi connectivity index (χ3v) is 4.26. The first kappa shape index (κ1) is 20.4. The number of carbonyl (C=O) groups excluding carboxylic acids is 1. The van der Waals surface area contributed by atoms with Crippen molar-refractivity contribution < 1.29 is 27.8 Å². The fourth-order valence-electron chi connectivity index (χ4n) is 2.93. The van der Waals surface area contributed by atoms with E-state index in [-0.39, 0.29) is 31.3 Å². The van der Waals surface area contributed by atoms with Crippen LogP contribution in [0, 0.1) is 5.92 Å². The van der Waals surface area contributed by atoms with E-state index in [1.54, 1.807) is 20.8 Å². The summed E-state index contributed by atoms with van der Waals surface area (Å²) in [4.78, 5) is 23.9. The van der Waals surface area contributed by atoms with Crippen molar-refractivity contribution in [1.29, 1.82) is 0 Å². The van der Waals surface area contributed by atoms with Crippen molar-refractivity contribution in [3.63, 3.8) is 0 Å². The highest BCUT2D eigenvalue weighted by atomic mass is 19.4. The second kappa shape index (κ2) is 7.02. The van der Waals surface area contributed by atoms with Crippen LogP contribution in [0.4, 0.5) is 13.2 Å². The van der Waals surface area contributed by atoms with Crippen LogP contribution < -0.4 is 5.56 Å². The van der Waals surface area contributed by atoms with E-state index in [1.165, 1.54) is 0 Å². The molecule has 1 N–H and O–H groups in total. The summed E-state index contributed by atoms with van der Waals surface area (Å²) in [5, 5.41) is 14.0. The molecule has 0 bridgehead atoms. The predicted octanol–water partition coefficient (Wildman–Crippen LogP) is 2.53. The Hall–Kier alpha value is -1.90. The quantitative estimate of drug-likeness (QED) is 0.820. The molecule has 2 rings (SSSR count). The predicted molar refractivity (Wildman–Crippen MR) is 86.3 cm³/mol. The number of esters is 1. The Labute approximate surface area is 149 Å². The second-order valence-electron chi connectivity index (χ2n) is 7.74. The maximum absolute atomic E-state index is 12.8. The van der Waals surface area contributed by atoms with Gasteiger partial charge in [-0.3, -0.25) is 9.59 Å². The molecule has 0 atom stereocenters. The topological polar surface area (TPSA) is 81.4 Å². The summed E-state index contributed by atoms with van der Waals surface area (Å²) in [6.45, 7) is 4.93. The van der Waals surface area contributed by atoms with E-state index in [1.807, 2.05) is 0 Å². The van der Waals surface area contributed by atoms with Crippen LogP contribution in [0.5, 0.6) is 0 Å². The van der Waals surface area contributed by atoms with Gasteiger partial charge >= 0.3 is 12.1 Å². The van der Waals surface area contributed by atoms with Crippen LogP contribution >= 0.6 is 0 Å². The van der Waals surface area contributed by atoms with Gasteiger partial charge in [0.05, 0.1) is 18.1 Å². The summed E-state index contributed by atoms with van der Waals surface area (Å²) in [6.07, 6.45) is -3.67. The van der Waals surface area contributed by atoms with E-state index < -0.39 is 28.6 Å². The molecule has 0 saturated heterocycles. The number of hydrogen-bond acceptors (Lipinski definition) is 5. The van der Waals surface area contributed by atoms with Gasteiger partial charge in [0.2, 0.25) is 0 Å². The first-order valence-corrected chi connectivity index (χ1v) is 8.40. The number of aliphatic hydroxyl groups is 1. The maximum atomic E-state index is 12.8. The largest absolute Gasteiger partial charge is 0.460 e. The van der Waals surface area contributed by atoms with Crippen molar-refractivity contribution >= 4 is 5.97 Å². The van der Waals surface area contributed by atoms with Crippen LogP contribution in [-0.2, 0) is 22.3 Å². The van der Waals surface area contributed by atoms with E-state index in [2.05, 4.69) is 5.10 Å². The third kappa shape index (κ3) is 5.30.